The molecule has 1 saturated carbocycles. The summed E-state index contributed by atoms with van der Waals surface area (Å²) in [4.78, 5) is 55.5. The first-order valence-corrected chi connectivity index (χ1v) is 22.8. The number of Topliss-reactive ketones (excluding diaryl/α,β-unsaturated/α-hetero) is 1. The van der Waals surface area contributed by atoms with Crippen LogP contribution in [-0.4, -0.2) is 69.2 Å². The predicted octanol–water partition coefficient (Wildman–Crippen LogP) is 9.38. The molecule has 0 bridgehead atoms. The predicted molar refractivity (Wildman–Crippen MR) is 213 cm³/mol. The maximum atomic E-state index is 12.5. The third-order valence-corrected chi connectivity index (χ3v) is 10.6. The topological polar surface area (TPSA) is 177 Å². The van der Waals surface area contributed by atoms with E-state index in [-0.39, 0.29) is 37.6 Å². The minimum atomic E-state index is -4.82. The highest BCUT2D eigenvalue weighted by molar-refractivity contribution is 7.46. The van der Waals surface area contributed by atoms with Crippen molar-refractivity contribution in [3.05, 3.63) is 24.3 Å². The lowest BCUT2D eigenvalue weighted by Crippen LogP contribution is -2.29. The van der Waals surface area contributed by atoms with E-state index in [1.54, 1.807) is 12.2 Å². The summed E-state index contributed by atoms with van der Waals surface area (Å²) < 4.78 is 26.4. The standard InChI is InChI=1S/C42H75O11P/c1-3-5-7-8-9-10-11-12-13-14-15-16-17-18-19-25-29-42(47)53-36(34-52-54(48,49)50)33-51-41(46)28-24-21-20-23-27-37-38(40(45)32-39(37)44)31-30-35(43)26-22-6-4-2/h20,23,30-31,35-39,43-44H,3-19,21-22,24-29,32-34H2,1-2H3,(H2,48,49,50)/b23-20-,31-30+/t35-,36+,37+,38+,39-/m0/s1. The zero-order valence-electron chi connectivity index (χ0n) is 33.6. The summed E-state index contributed by atoms with van der Waals surface area (Å²) in [7, 11) is -4.82. The molecule has 314 valence electrons. The van der Waals surface area contributed by atoms with E-state index in [0.717, 1.165) is 38.5 Å². The summed E-state index contributed by atoms with van der Waals surface area (Å²) in [5.74, 6) is -1.81. The second-order valence-electron chi connectivity index (χ2n) is 15.1. The van der Waals surface area contributed by atoms with Crippen molar-refractivity contribution in [2.45, 2.75) is 199 Å². The number of ketones is 1. The smallest absolute Gasteiger partial charge is 0.462 e. The second-order valence-corrected chi connectivity index (χ2v) is 16.3. The fraction of sp³-hybridized carbons (Fsp3) is 0.833. The van der Waals surface area contributed by atoms with Crippen LogP contribution in [0, 0.1) is 11.8 Å². The van der Waals surface area contributed by atoms with Crippen LogP contribution >= 0.6 is 7.82 Å². The van der Waals surface area contributed by atoms with Crippen molar-refractivity contribution in [3.63, 3.8) is 0 Å². The number of ether oxygens (including phenoxy) is 2. The monoisotopic (exact) mass is 787 g/mol. The largest absolute Gasteiger partial charge is 0.469 e. The third-order valence-electron chi connectivity index (χ3n) is 10.1. The van der Waals surface area contributed by atoms with Gasteiger partial charge in [0.15, 0.2) is 6.10 Å². The highest BCUT2D eigenvalue weighted by Gasteiger charge is 2.39. The molecule has 0 unspecified atom stereocenters. The lowest BCUT2D eigenvalue weighted by molar-refractivity contribution is -0.161. The van der Waals surface area contributed by atoms with Gasteiger partial charge < -0.3 is 29.5 Å². The molecule has 0 radical (unpaired) electrons. The van der Waals surface area contributed by atoms with E-state index in [1.807, 2.05) is 12.2 Å². The number of aliphatic hydroxyl groups excluding tert-OH is 2. The number of carbonyl (C=O) groups is 3. The summed E-state index contributed by atoms with van der Waals surface area (Å²) >= 11 is 0. The quantitative estimate of drug-likeness (QED) is 0.0208. The molecule has 4 N–H and O–H groups in total. The van der Waals surface area contributed by atoms with Crippen molar-refractivity contribution < 1.29 is 52.9 Å². The number of aliphatic hydroxyl groups is 2. The Morgan fingerprint density at radius 2 is 1.30 bits per heavy atom. The molecule has 54 heavy (non-hydrogen) atoms. The number of hydrogen-bond donors (Lipinski definition) is 4. The Bertz CT molecular complexity index is 1090. The van der Waals surface area contributed by atoms with Crippen molar-refractivity contribution in [2.24, 2.45) is 11.8 Å². The van der Waals surface area contributed by atoms with Crippen LogP contribution in [0.3, 0.4) is 0 Å². The molecule has 0 saturated heterocycles. The van der Waals surface area contributed by atoms with Crippen molar-refractivity contribution in [1.82, 2.24) is 0 Å². The maximum absolute atomic E-state index is 12.5. The fourth-order valence-electron chi connectivity index (χ4n) is 6.83. The van der Waals surface area contributed by atoms with Gasteiger partial charge in [0.2, 0.25) is 0 Å². The molecular weight excluding hydrogens is 711 g/mol. The van der Waals surface area contributed by atoms with Gasteiger partial charge in [-0.2, -0.15) is 0 Å². The molecule has 5 atom stereocenters. The Morgan fingerprint density at radius 3 is 1.87 bits per heavy atom. The zero-order valence-corrected chi connectivity index (χ0v) is 34.5. The van der Waals surface area contributed by atoms with Gasteiger partial charge in [-0.15, -0.1) is 0 Å². The Kier molecular flexibility index (Phi) is 29.9. The number of unbranched alkanes of at least 4 members (excludes halogenated alkanes) is 18. The molecule has 0 aromatic heterocycles. The average molecular weight is 787 g/mol. The van der Waals surface area contributed by atoms with Gasteiger partial charge in [-0.1, -0.05) is 154 Å². The van der Waals surface area contributed by atoms with Crippen LogP contribution in [-0.2, 0) is 32.9 Å². The molecule has 0 aliphatic heterocycles. The number of esters is 2. The van der Waals surface area contributed by atoms with Crippen molar-refractivity contribution in [1.29, 1.82) is 0 Å². The maximum Gasteiger partial charge on any atom is 0.469 e. The minimum absolute atomic E-state index is 0.0314. The first-order valence-electron chi connectivity index (χ1n) is 21.2. The van der Waals surface area contributed by atoms with Crippen LogP contribution in [0.15, 0.2) is 24.3 Å². The molecule has 12 heteroatoms. The molecule has 0 aromatic carbocycles. The van der Waals surface area contributed by atoms with Crippen LogP contribution in [0.5, 0.6) is 0 Å². The van der Waals surface area contributed by atoms with Gasteiger partial charge in [-0.3, -0.25) is 18.9 Å². The van der Waals surface area contributed by atoms with Crippen LogP contribution in [0.1, 0.15) is 181 Å². The van der Waals surface area contributed by atoms with E-state index in [2.05, 4.69) is 18.4 Å². The Hall–Kier alpha value is -1.88. The van der Waals surface area contributed by atoms with Gasteiger partial charge in [0.1, 0.15) is 12.4 Å². The van der Waals surface area contributed by atoms with E-state index in [9.17, 15) is 29.2 Å². The van der Waals surface area contributed by atoms with E-state index in [1.165, 1.54) is 77.0 Å². The third kappa shape index (κ3) is 27.7. The van der Waals surface area contributed by atoms with Crippen molar-refractivity contribution in [2.75, 3.05) is 13.2 Å². The van der Waals surface area contributed by atoms with Crippen LogP contribution in [0.2, 0.25) is 0 Å². The fourth-order valence-corrected chi connectivity index (χ4v) is 7.19. The Balaban J connectivity index is 2.28. The molecule has 11 nitrogen and oxygen atoms in total. The lowest BCUT2D eigenvalue weighted by Gasteiger charge is -2.18. The molecule has 1 fully saturated rings. The molecule has 0 amide bonds. The second kappa shape index (κ2) is 32.2. The highest BCUT2D eigenvalue weighted by atomic mass is 31.2. The van der Waals surface area contributed by atoms with E-state index in [0.29, 0.717) is 32.1 Å². The first kappa shape index (κ1) is 50.1. The van der Waals surface area contributed by atoms with Crippen LogP contribution in [0.4, 0.5) is 0 Å². The molecule has 1 aliphatic carbocycles. The van der Waals surface area contributed by atoms with Gasteiger partial charge in [0, 0.05) is 31.1 Å². The van der Waals surface area contributed by atoms with Gasteiger partial charge in [-0.25, -0.2) is 4.57 Å². The summed E-state index contributed by atoms with van der Waals surface area (Å²) in [6, 6.07) is 0. The van der Waals surface area contributed by atoms with Crippen molar-refractivity contribution >= 4 is 25.5 Å². The minimum Gasteiger partial charge on any atom is -0.462 e. The molecule has 0 aromatic rings. The summed E-state index contributed by atoms with van der Waals surface area (Å²) in [6.45, 7) is 3.36. The van der Waals surface area contributed by atoms with E-state index >= 15 is 0 Å². The summed E-state index contributed by atoms with van der Waals surface area (Å²) in [5, 5.41) is 20.6. The van der Waals surface area contributed by atoms with Gasteiger partial charge in [-0.05, 0) is 32.1 Å². The number of phosphoric acid groups is 1. The number of hydrogen-bond acceptors (Lipinski definition) is 9. The Morgan fingerprint density at radius 1 is 0.759 bits per heavy atom. The van der Waals surface area contributed by atoms with Crippen molar-refractivity contribution in [3.8, 4) is 0 Å². The van der Waals surface area contributed by atoms with Gasteiger partial charge >= 0.3 is 19.8 Å². The number of phosphoric ester groups is 1. The zero-order chi connectivity index (χ0) is 39.9. The Labute approximate surface area is 326 Å². The normalized spacial score (nSPS) is 18.9. The molecule has 0 heterocycles. The van der Waals surface area contributed by atoms with Gasteiger partial charge in [0.05, 0.1) is 18.8 Å². The molecule has 1 rings (SSSR count). The van der Waals surface area contributed by atoms with Crippen LogP contribution < -0.4 is 0 Å². The molecule has 1 aliphatic rings. The first-order chi connectivity index (χ1) is 26.0. The number of allylic oxidation sites excluding steroid dienone is 3. The number of carbonyl (C=O) groups excluding carboxylic acids is 3. The van der Waals surface area contributed by atoms with E-state index in [4.69, 9.17) is 19.3 Å². The van der Waals surface area contributed by atoms with E-state index < -0.39 is 50.6 Å². The highest BCUT2D eigenvalue weighted by Crippen LogP contribution is 2.36. The lowest BCUT2D eigenvalue weighted by atomic mass is 9.90. The summed E-state index contributed by atoms with van der Waals surface area (Å²) in [6.07, 6.45) is 29.8. The van der Waals surface area contributed by atoms with Crippen LogP contribution in [0.25, 0.3) is 0 Å². The summed E-state index contributed by atoms with van der Waals surface area (Å²) in [5.41, 5.74) is 0. The number of rotatable bonds is 35. The molecular formula is C42H75O11P. The van der Waals surface area contributed by atoms with Gasteiger partial charge in [0.25, 0.3) is 0 Å². The average Bonchev–Trinajstić information content (AvgIpc) is 3.40. The molecule has 0 spiro atoms. The SMILES string of the molecule is CCCCCCCCCCCCCCCCCCC(=O)O[C@H](COC(=O)CCC/C=C\C[C@H]1[C@@H](O)CC(=O)[C@@H]1/C=C/[C@@H](O)CCCCC)COP(=O)(O)O.